The molecule has 0 atom stereocenters. The summed E-state index contributed by atoms with van der Waals surface area (Å²) in [5.41, 5.74) is 1.23. The highest BCUT2D eigenvalue weighted by molar-refractivity contribution is 5.84. The summed E-state index contributed by atoms with van der Waals surface area (Å²) in [6.45, 7) is 7.74. The van der Waals surface area contributed by atoms with Gasteiger partial charge in [-0.3, -0.25) is 9.69 Å². The normalized spacial score (nSPS) is 15.3. The predicted octanol–water partition coefficient (Wildman–Crippen LogP) is 1.92. The monoisotopic (exact) mass is 331 g/mol. The first-order chi connectivity index (χ1) is 11.2. The van der Waals surface area contributed by atoms with E-state index in [1.165, 1.54) is 6.07 Å². The summed E-state index contributed by atoms with van der Waals surface area (Å²) in [5.74, 6) is 0.126. The first-order valence-corrected chi connectivity index (χ1v) is 7.91. The van der Waals surface area contributed by atoms with E-state index >= 15 is 0 Å². The van der Waals surface area contributed by atoms with Crippen molar-refractivity contribution < 1.29 is 14.3 Å². The molecule has 0 aromatic carbocycles. The summed E-state index contributed by atoms with van der Waals surface area (Å²) in [5, 5.41) is 8.90. The Hall–Kier alpha value is -2.41. The van der Waals surface area contributed by atoms with Crippen molar-refractivity contribution in [2.24, 2.45) is 0 Å². The van der Waals surface area contributed by atoms with E-state index in [-0.39, 0.29) is 16.7 Å². The minimum atomic E-state index is -1.08. The molecular formula is C17H21N3O4. The Labute approximate surface area is 139 Å². The number of aromatic amines is 1. The molecule has 0 saturated carbocycles. The summed E-state index contributed by atoms with van der Waals surface area (Å²) in [6.07, 6.45) is 0.689. The molecule has 7 heteroatoms. The van der Waals surface area contributed by atoms with Crippen LogP contribution in [0.2, 0.25) is 0 Å². The van der Waals surface area contributed by atoms with Crippen molar-refractivity contribution in [3.63, 3.8) is 0 Å². The van der Waals surface area contributed by atoms with Crippen molar-refractivity contribution in [2.75, 3.05) is 6.54 Å². The Morgan fingerprint density at radius 2 is 2.17 bits per heavy atom. The smallest absolute Gasteiger partial charge is 0.371 e. The van der Waals surface area contributed by atoms with Gasteiger partial charge in [0.05, 0.1) is 17.8 Å². The lowest BCUT2D eigenvalue weighted by Crippen LogP contribution is -2.37. The molecule has 3 rings (SSSR count). The van der Waals surface area contributed by atoms with Crippen molar-refractivity contribution >= 4 is 5.97 Å². The van der Waals surface area contributed by atoms with Crippen LogP contribution >= 0.6 is 0 Å². The first-order valence-electron chi connectivity index (χ1n) is 7.91. The number of rotatable bonds is 3. The molecule has 1 aliphatic rings. The number of carboxylic acids is 1. The molecular weight excluding hydrogens is 310 g/mol. The van der Waals surface area contributed by atoms with Gasteiger partial charge in [-0.05, 0) is 12.1 Å². The number of aromatic carboxylic acids is 1. The van der Waals surface area contributed by atoms with Gasteiger partial charge in [-0.2, -0.15) is 0 Å². The molecule has 0 radical (unpaired) electrons. The van der Waals surface area contributed by atoms with Gasteiger partial charge in [0.15, 0.2) is 0 Å². The average Bonchev–Trinajstić information content (AvgIpc) is 2.95. The zero-order chi connectivity index (χ0) is 17.5. The van der Waals surface area contributed by atoms with Crippen LogP contribution in [-0.2, 0) is 24.9 Å². The van der Waals surface area contributed by atoms with Crippen LogP contribution in [0, 0.1) is 0 Å². The van der Waals surface area contributed by atoms with E-state index in [1.54, 1.807) is 6.07 Å². The van der Waals surface area contributed by atoms with Crippen molar-refractivity contribution in [1.82, 2.24) is 14.9 Å². The lowest BCUT2D eigenvalue weighted by atomic mass is 9.95. The lowest BCUT2D eigenvalue weighted by molar-refractivity contribution is 0.0658. The standard InChI is InChI=1S/C17H21N3O4/c1-17(2,3)16-18-12-6-7-20(9-11(12)14(21)19-16)8-10-4-5-13(24-10)15(22)23/h4-5H,6-9H2,1-3H3,(H,22,23)(H,18,19,21). The Balaban J connectivity index is 1.79. The van der Waals surface area contributed by atoms with Gasteiger partial charge in [0.25, 0.3) is 5.56 Å². The van der Waals surface area contributed by atoms with Crippen molar-refractivity contribution in [1.29, 1.82) is 0 Å². The molecule has 0 spiro atoms. The van der Waals surface area contributed by atoms with Crippen molar-refractivity contribution in [3.8, 4) is 0 Å². The number of furan rings is 1. The largest absolute Gasteiger partial charge is 0.475 e. The third-order valence-electron chi connectivity index (χ3n) is 4.11. The van der Waals surface area contributed by atoms with E-state index in [0.29, 0.717) is 36.7 Å². The Bertz CT molecular complexity index is 829. The summed E-state index contributed by atoms with van der Waals surface area (Å²) in [7, 11) is 0. The summed E-state index contributed by atoms with van der Waals surface area (Å²) in [6, 6.07) is 3.10. The number of hydrogen-bond donors (Lipinski definition) is 2. The van der Waals surface area contributed by atoms with Gasteiger partial charge < -0.3 is 14.5 Å². The lowest BCUT2D eigenvalue weighted by Gasteiger charge is -2.28. The second kappa shape index (κ2) is 5.90. The van der Waals surface area contributed by atoms with Crippen molar-refractivity contribution in [3.05, 3.63) is 51.1 Å². The van der Waals surface area contributed by atoms with Gasteiger partial charge >= 0.3 is 5.97 Å². The van der Waals surface area contributed by atoms with E-state index in [9.17, 15) is 9.59 Å². The quantitative estimate of drug-likeness (QED) is 0.891. The van der Waals surface area contributed by atoms with Crippen LogP contribution in [0.1, 0.15) is 54.2 Å². The maximum absolute atomic E-state index is 12.4. The number of nitrogens with zero attached hydrogens (tertiary/aromatic N) is 2. The van der Waals surface area contributed by atoms with E-state index in [0.717, 1.165) is 12.2 Å². The van der Waals surface area contributed by atoms with E-state index in [4.69, 9.17) is 9.52 Å². The zero-order valence-electron chi connectivity index (χ0n) is 14.0. The summed E-state index contributed by atoms with van der Waals surface area (Å²) in [4.78, 5) is 32.8. The molecule has 2 aromatic rings. The van der Waals surface area contributed by atoms with Crippen LogP contribution < -0.4 is 5.56 Å². The summed E-state index contributed by atoms with van der Waals surface area (Å²) >= 11 is 0. The highest BCUT2D eigenvalue weighted by Crippen LogP contribution is 2.21. The maximum atomic E-state index is 12.4. The molecule has 1 aliphatic heterocycles. The number of carbonyl (C=O) groups is 1. The van der Waals surface area contributed by atoms with Gasteiger partial charge in [-0.1, -0.05) is 20.8 Å². The van der Waals surface area contributed by atoms with E-state index in [1.807, 2.05) is 20.8 Å². The van der Waals surface area contributed by atoms with Crippen LogP contribution in [-0.4, -0.2) is 32.5 Å². The molecule has 0 fully saturated rings. The molecule has 2 aromatic heterocycles. The van der Waals surface area contributed by atoms with Crippen LogP contribution in [0.5, 0.6) is 0 Å². The molecule has 0 bridgehead atoms. The fourth-order valence-corrected chi connectivity index (χ4v) is 2.77. The highest BCUT2D eigenvalue weighted by atomic mass is 16.4. The predicted molar refractivity (Wildman–Crippen MR) is 87.0 cm³/mol. The molecule has 0 amide bonds. The van der Waals surface area contributed by atoms with Crippen LogP contribution in [0.25, 0.3) is 0 Å². The van der Waals surface area contributed by atoms with Crippen LogP contribution in [0.4, 0.5) is 0 Å². The van der Waals surface area contributed by atoms with Gasteiger partial charge in [0.1, 0.15) is 11.6 Å². The number of H-pyrrole nitrogens is 1. The Morgan fingerprint density at radius 1 is 1.42 bits per heavy atom. The second-order valence-corrected chi connectivity index (χ2v) is 7.12. The van der Waals surface area contributed by atoms with Gasteiger partial charge in [0.2, 0.25) is 5.76 Å². The minimum absolute atomic E-state index is 0.0725. The number of hydrogen-bond acceptors (Lipinski definition) is 5. The molecule has 2 N–H and O–H groups in total. The minimum Gasteiger partial charge on any atom is -0.475 e. The molecule has 0 aliphatic carbocycles. The van der Waals surface area contributed by atoms with Gasteiger partial charge in [-0.15, -0.1) is 0 Å². The molecule has 24 heavy (non-hydrogen) atoms. The fourth-order valence-electron chi connectivity index (χ4n) is 2.77. The molecule has 128 valence electrons. The first kappa shape index (κ1) is 16.4. The number of aromatic nitrogens is 2. The summed E-state index contributed by atoms with van der Waals surface area (Å²) < 4.78 is 5.29. The number of nitrogens with one attached hydrogen (secondary N) is 1. The van der Waals surface area contributed by atoms with Crippen molar-refractivity contribution in [2.45, 2.75) is 45.7 Å². The fraction of sp³-hybridized carbons (Fsp3) is 0.471. The van der Waals surface area contributed by atoms with Gasteiger partial charge in [-0.25, -0.2) is 9.78 Å². The average molecular weight is 331 g/mol. The topological polar surface area (TPSA) is 99.4 Å². The molecule has 7 nitrogen and oxygen atoms in total. The third-order valence-corrected chi connectivity index (χ3v) is 4.11. The van der Waals surface area contributed by atoms with Crippen LogP contribution in [0.15, 0.2) is 21.3 Å². The van der Waals surface area contributed by atoms with Gasteiger partial charge in [0, 0.05) is 24.9 Å². The second-order valence-electron chi connectivity index (χ2n) is 7.12. The van der Waals surface area contributed by atoms with E-state index in [2.05, 4.69) is 14.9 Å². The zero-order valence-corrected chi connectivity index (χ0v) is 14.0. The molecule has 0 unspecified atom stereocenters. The number of carboxylic acid groups (broad SMARTS) is 1. The SMILES string of the molecule is CC(C)(C)c1nc2c(c(=O)[nH]1)CN(Cc1ccc(C(=O)O)o1)CC2. The number of fused-ring (bicyclic) bond motifs is 1. The Morgan fingerprint density at radius 3 is 2.79 bits per heavy atom. The molecule has 3 heterocycles. The Kier molecular flexibility index (Phi) is 4.04. The maximum Gasteiger partial charge on any atom is 0.371 e. The molecule has 0 saturated heterocycles. The van der Waals surface area contributed by atoms with Crippen LogP contribution in [0.3, 0.4) is 0 Å². The third kappa shape index (κ3) is 3.26. The van der Waals surface area contributed by atoms with E-state index < -0.39 is 5.97 Å². The highest BCUT2D eigenvalue weighted by Gasteiger charge is 2.25.